The van der Waals surface area contributed by atoms with Crippen LogP contribution in [0, 0.1) is 0 Å². The molecule has 2 aromatic rings. The Hall–Kier alpha value is -1.36. The molecule has 0 spiro atoms. The maximum atomic E-state index is 11.6. The molecule has 0 fully saturated rings. The molecule has 0 aliphatic heterocycles. The molecule has 0 atom stereocenters. The molecule has 0 bridgehead atoms. The standard InChI is InChI=1S/C14H15Cl2N3O/c1-2-17-8-9-6-14(20)19-13(18-9)7-10-11(15)4-3-5-12(10)16/h3-6,17H,2,7-8H2,1H3,(H,18,19,20). The van der Waals surface area contributed by atoms with Crippen LogP contribution in [0.5, 0.6) is 0 Å². The van der Waals surface area contributed by atoms with Crippen LogP contribution in [-0.2, 0) is 13.0 Å². The van der Waals surface area contributed by atoms with Gasteiger partial charge in [-0.05, 0) is 24.2 Å². The highest BCUT2D eigenvalue weighted by molar-refractivity contribution is 6.36. The summed E-state index contributed by atoms with van der Waals surface area (Å²) < 4.78 is 0. The Labute approximate surface area is 127 Å². The molecule has 1 heterocycles. The second kappa shape index (κ2) is 6.88. The largest absolute Gasteiger partial charge is 0.311 e. The number of hydrogen-bond acceptors (Lipinski definition) is 3. The number of H-pyrrole nitrogens is 1. The van der Waals surface area contributed by atoms with E-state index < -0.39 is 0 Å². The van der Waals surface area contributed by atoms with Crippen molar-refractivity contribution in [2.75, 3.05) is 6.54 Å². The van der Waals surface area contributed by atoms with Crippen molar-refractivity contribution in [3.05, 3.63) is 61.7 Å². The van der Waals surface area contributed by atoms with Crippen LogP contribution in [0.1, 0.15) is 24.0 Å². The van der Waals surface area contributed by atoms with Crippen LogP contribution in [0.25, 0.3) is 0 Å². The van der Waals surface area contributed by atoms with Gasteiger partial charge in [0.25, 0.3) is 5.56 Å². The lowest BCUT2D eigenvalue weighted by molar-refractivity contribution is 0.700. The molecule has 0 saturated carbocycles. The van der Waals surface area contributed by atoms with Gasteiger partial charge >= 0.3 is 0 Å². The van der Waals surface area contributed by atoms with E-state index in [9.17, 15) is 4.79 Å². The molecule has 4 nitrogen and oxygen atoms in total. The van der Waals surface area contributed by atoms with Crippen LogP contribution in [-0.4, -0.2) is 16.5 Å². The van der Waals surface area contributed by atoms with Gasteiger partial charge in [-0.15, -0.1) is 0 Å². The third kappa shape index (κ3) is 3.82. The summed E-state index contributed by atoms with van der Waals surface area (Å²) in [6, 6.07) is 6.80. The molecule has 0 aliphatic carbocycles. The molecule has 0 saturated heterocycles. The topological polar surface area (TPSA) is 57.8 Å². The van der Waals surface area contributed by atoms with Crippen molar-refractivity contribution in [1.82, 2.24) is 15.3 Å². The number of aromatic nitrogens is 2. The smallest absolute Gasteiger partial charge is 0.251 e. The molecule has 0 unspecified atom stereocenters. The van der Waals surface area contributed by atoms with E-state index in [-0.39, 0.29) is 5.56 Å². The van der Waals surface area contributed by atoms with Gasteiger partial charge in [0.15, 0.2) is 0 Å². The van der Waals surface area contributed by atoms with Crippen molar-refractivity contribution >= 4 is 23.2 Å². The lowest BCUT2D eigenvalue weighted by atomic mass is 10.1. The van der Waals surface area contributed by atoms with Crippen LogP contribution in [0.2, 0.25) is 10.0 Å². The molecule has 0 amide bonds. The highest BCUT2D eigenvalue weighted by Gasteiger charge is 2.09. The number of aromatic amines is 1. The minimum absolute atomic E-state index is 0.175. The maximum Gasteiger partial charge on any atom is 0.251 e. The molecule has 2 N–H and O–H groups in total. The molecular weight excluding hydrogens is 297 g/mol. The van der Waals surface area contributed by atoms with Crippen LogP contribution in [0.3, 0.4) is 0 Å². The Kier molecular flexibility index (Phi) is 5.17. The van der Waals surface area contributed by atoms with E-state index in [2.05, 4.69) is 15.3 Å². The second-order valence-corrected chi connectivity index (χ2v) is 5.16. The SMILES string of the molecule is CCNCc1cc(=O)[nH]c(Cc2c(Cl)cccc2Cl)n1. The summed E-state index contributed by atoms with van der Waals surface area (Å²) in [5, 5.41) is 4.27. The lowest BCUT2D eigenvalue weighted by Gasteiger charge is -2.08. The molecule has 0 aliphatic rings. The van der Waals surface area contributed by atoms with Crippen LogP contribution < -0.4 is 10.9 Å². The minimum atomic E-state index is -0.175. The Balaban J connectivity index is 2.29. The average Bonchev–Trinajstić information content (AvgIpc) is 2.40. The lowest BCUT2D eigenvalue weighted by Crippen LogP contribution is -2.19. The van der Waals surface area contributed by atoms with E-state index in [0.717, 1.165) is 12.1 Å². The first-order valence-electron chi connectivity index (χ1n) is 6.33. The zero-order valence-electron chi connectivity index (χ0n) is 11.0. The Morgan fingerprint density at radius 2 is 2.00 bits per heavy atom. The summed E-state index contributed by atoms with van der Waals surface area (Å²) in [4.78, 5) is 18.8. The van der Waals surface area contributed by atoms with Gasteiger partial charge < -0.3 is 10.3 Å². The van der Waals surface area contributed by atoms with Gasteiger partial charge in [-0.1, -0.05) is 36.2 Å². The van der Waals surface area contributed by atoms with Crippen molar-refractivity contribution < 1.29 is 0 Å². The predicted octanol–water partition coefficient (Wildman–Crippen LogP) is 2.78. The minimum Gasteiger partial charge on any atom is -0.311 e. The molecule has 106 valence electrons. The average molecular weight is 312 g/mol. The summed E-state index contributed by atoms with van der Waals surface area (Å²) in [6.45, 7) is 3.38. The zero-order chi connectivity index (χ0) is 14.5. The third-order valence-electron chi connectivity index (χ3n) is 2.81. The Morgan fingerprint density at radius 3 is 2.65 bits per heavy atom. The summed E-state index contributed by atoms with van der Waals surface area (Å²) in [7, 11) is 0. The number of benzene rings is 1. The highest BCUT2D eigenvalue weighted by atomic mass is 35.5. The van der Waals surface area contributed by atoms with Gasteiger partial charge in [-0.25, -0.2) is 4.98 Å². The van der Waals surface area contributed by atoms with Gasteiger partial charge in [0.1, 0.15) is 5.82 Å². The van der Waals surface area contributed by atoms with Gasteiger partial charge in [0.05, 0.1) is 5.69 Å². The molecule has 6 heteroatoms. The fourth-order valence-electron chi connectivity index (χ4n) is 1.86. The summed E-state index contributed by atoms with van der Waals surface area (Å²) in [5.74, 6) is 0.556. The number of halogens is 2. The van der Waals surface area contributed by atoms with Crippen molar-refractivity contribution in [2.24, 2.45) is 0 Å². The van der Waals surface area contributed by atoms with Crippen LogP contribution in [0.4, 0.5) is 0 Å². The van der Waals surface area contributed by atoms with Crippen molar-refractivity contribution in [2.45, 2.75) is 19.9 Å². The fourth-order valence-corrected chi connectivity index (χ4v) is 2.39. The van der Waals surface area contributed by atoms with Crippen LogP contribution in [0.15, 0.2) is 29.1 Å². The number of nitrogens with zero attached hydrogens (tertiary/aromatic N) is 1. The highest BCUT2D eigenvalue weighted by Crippen LogP contribution is 2.25. The number of hydrogen-bond donors (Lipinski definition) is 2. The molecule has 0 radical (unpaired) electrons. The molecule has 1 aromatic heterocycles. The van der Waals surface area contributed by atoms with E-state index in [0.29, 0.717) is 34.5 Å². The molecule has 20 heavy (non-hydrogen) atoms. The quantitative estimate of drug-likeness (QED) is 0.892. The normalized spacial score (nSPS) is 10.8. The van der Waals surface area contributed by atoms with Gasteiger partial charge in [-0.2, -0.15) is 0 Å². The van der Waals surface area contributed by atoms with Gasteiger partial charge in [0, 0.05) is 29.1 Å². The van der Waals surface area contributed by atoms with Gasteiger partial charge in [0.2, 0.25) is 0 Å². The number of nitrogens with one attached hydrogen (secondary N) is 2. The maximum absolute atomic E-state index is 11.6. The van der Waals surface area contributed by atoms with E-state index >= 15 is 0 Å². The Morgan fingerprint density at radius 1 is 1.30 bits per heavy atom. The van der Waals surface area contributed by atoms with Crippen molar-refractivity contribution in [3.8, 4) is 0 Å². The van der Waals surface area contributed by atoms with Crippen LogP contribution >= 0.6 is 23.2 Å². The summed E-state index contributed by atoms with van der Waals surface area (Å²) >= 11 is 12.3. The second-order valence-electron chi connectivity index (χ2n) is 4.34. The van der Waals surface area contributed by atoms with Crippen molar-refractivity contribution in [3.63, 3.8) is 0 Å². The van der Waals surface area contributed by atoms with E-state index in [1.54, 1.807) is 18.2 Å². The van der Waals surface area contributed by atoms with Gasteiger partial charge in [-0.3, -0.25) is 4.79 Å². The fraction of sp³-hybridized carbons (Fsp3) is 0.286. The first-order valence-corrected chi connectivity index (χ1v) is 7.08. The molecular formula is C14H15Cl2N3O. The summed E-state index contributed by atoms with van der Waals surface area (Å²) in [6.07, 6.45) is 0.397. The third-order valence-corrected chi connectivity index (χ3v) is 3.51. The van der Waals surface area contributed by atoms with E-state index in [4.69, 9.17) is 23.2 Å². The van der Waals surface area contributed by atoms with E-state index in [1.807, 2.05) is 6.92 Å². The molecule has 2 rings (SSSR count). The first-order chi connectivity index (χ1) is 9.60. The zero-order valence-corrected chi connectivity index (χ0v) is 12.6. The number of rotatable bonds is 5. The molecule has 1 aromatic carbocycles. The Bertz CT molecular complexity index is 635. The monoisotopic (exact) mass is 311 g/mol. The van der Waals surface area contributed by atoms with Crippen molar-refractivity contribution in [1.29, 1.82) is 0 Å². The predicted molar refractivity (Wildman–Crippen MR) is 81.5 cm³/mol. The summed E-state index contributed by atoms with van der Waals surface area (Å²) in [5.41, 5.74) is 1.29. The van der Waals surface area contributed by atoms with E-state index in [1.165, 1.54) is 6.07 Å². The first kappa shape index (κ1) is 15.0.